The number of morpholine rings is 1. The van der Waals surface area contributed by atoms with Crippen molar-refractivity contribution < 1.29 is 33.4 Å². The largest absolute Gasteiger partial charge is 0.484 e. The number of aromatic nitrogens is 1. The molecule has 4 heterocycles. The van der Waals surface area contributed by atoms with Crippen molar-refractivity contribution in [2.75, 3.05) is 44.4 Å². The van der Waals surface area contributed by atoms with Gasteiger partial charge in [0.05, 0.1) is 42.0 Å². The molecule has 3 amide bonds. The lowest BCUT2D eigenvalue weighted by Crippen LogP contribution is -2.42. The van der Waals surface area contributed by atoms with Crippen LogP contribution in [0.25, 0.3) is 0 Å². The zero-order chi connectivity index (χ0) is 29.4. The number of carbonyl (C=O) groups excluding carboxylic acids is 4. The van der Waals surface area contributed by atoms with Gasteiger partial charge >= 0.3 is 10.8 Å². The van der Waals surface area contributed by atoms with Crippen LogP contribution in [0.5, 0.6) is 5.75 Å². The number of carbonyl (C=O) groups is 4. The van der Waals surface area contributed by atoms with E-state index in [1.54, 1.807) is 42.2 Å². The van der Waals surface area contributed by atoms with Crippen LogP contribution in [0, 0.1) is 5.92 Å². The fraction of sp³-hybridized carbons (Fsp3) is 0.345. The van der Waals surface area contributed by atoms with Gasteiger partial charge in [-0.15, -0.1) is 0 Å². The van der Waals surface area contributed by atoms with Gasteiger partial charge in [0.15, 0.2) is 6.61 Å². The van der Waals surface area contributed by atoms with Crippen LogP contribution in [0.1, 0.15) is 33.6 Å². The first kappa shape index (κ1) is 28.2. The van der Waals surface area contributed by atoms with Crippen LogP contribution in [-0.2, 0) is 23.9 Å². The predicted molar refractivity (Wildman–Crippen MR) is 154 cm³/mol. The quantitative estimate of drug-likeness (QED) is 0.317. The molecule has 3 aromatic rings. The van der Waals surface area contributed by atoms with Crippen molar-refractivity contribution in [1.29, 1.82) is 0 Å². The van der Waals surface area contributed by atoms with E-state index in [0.717, 1.165) is 16.2 Å². The van der Waals surface area contributed by atoms with Crippen molar-refractivity contribution >= 4 is 52.5 Å². The number of rotatable bonds is 7. The summed E-state index contributed by atoms with van der Waals surface area (Å²) in [6, 6.07) is 13.2. The number of nitrogens with zero attached hydrogens (tertiary/aromatic N) is 2. The monoisotopic (exact) mass is 609 g/mol. The molecular weight excluding hydrogens is 582 g/mol. The number of benzene rings is 2. The summed E-state index contributed by atoms with van der Waals surface area (Å²) in [7, 11) is 0. The second-order valence-electron chi connectivity index (χ2n) is 9.88. The van der Waals surface area contributed by atoms with Gasteiger partial charge in [0.25, 0.3) is 5.91 Å². The van der Waals surface area contributed by atoms with Crippen molar-refractivity contribution in [3.63, 3.8) is 0 Å². The van der Waals surface area contributed by atoms with Gasteiger partial charge in [-0.25, -0.2) is 9.69 Å². The standard InChI is InChI=1S/C29H27N3O8S2/c1-2-39-28(36)16-6-8-18(9-7-16)32-26(34)22-21(23-25(30-29(37)42-23)41-24(22)27(32)35)17-4-3-5-19(14-17)40-15-20(33)31-10-12-38-13-11-31/h3-9,14,21-22,24H,2,10-13,15H2,1H3,(H,30,37)/t21-,22-,24+/m0/s1. The molecule has 1 N–H and O–H groups in total. The number of fused-ring (bicyclic) bond motifs is 2. The molecule has 6 rings (SSSR count). The zero-order valence-corrected chi connectivity index (χ0v) is 24.2. The second-order valence-corrected chi connectivity index (χ2v) is 12.0. The van der Waals surface area contributed by atoms with Crippen LogP contribution < -0.4 is 14.5 Å². The molecule has 0 unspecified atom stereocenters. The lowest BCUT2D eigenvalue weighted by atomic mass is 9.83. The molecular formula is C29H27N3O8S2. The Morgan fingerprint density at radius 2 is 1.81 bits per heavy atom. The van der Waals surface area contributed by atoms with Crippen molar-refractivity contribution in [1.82, 2.24) is 9.88 Å². The van der Waals surface area contributed by atoms with Crippen LogP contribution >= 0.6 is 23.1 Å². The minimum Gasteiger partial charge on any atom is -0.484 e. The van der Waals surface area contributed by atoms with Gasteiger partial charge in [-0.3, -0.25) is 19.2 Å². The van der Waals surface area contributed by atoms with E-state index in [0.29, 0.717) is 58.8 Å². The Morgan fingerprint density at radius 1 is 1.05 bits per heavy atom. The van der Waals surface area contributed by atoms with Gasteiger partial charge in [0.1, 0.15) is 11.0 Å². The van der Waals surface area contributed by atoms with E-state index >= 15 is 0 Å². The molecule has 218 valence electrons. The third kappa shape index (κ3) is 5.23. The number of thiazole rings is 1. The molecule has 0 spiro atoms. The Labute approximate surface area is 248 Å². The van der Waals surface area contributed by atoms with E-state index < -0.39 is 34.9 Å². The highest BCUT2D eigenvalue weighted by Gasteiger charge is 2.56. The molecule has 11 nitrogen and oxygen atoms in total. The third-order valence-electron chi connectivity index (χ3n) is 7.40. The minimum atomic E-state index is -0.781. The number of imide groups is 1. The highest BCUT2D eigenvalue weighted by Crippen LogP contribution is 2.53. The molecule has 2 fully saturated rings. The molecule has 2 aromatic carbocycles. The highest BCUT2D eigenvalue weighted by molar-refractivity contribution is 8.00. The number of anilines is 1. The molecule has 3 atom stereocenters. The zero-order valence-electron chi connectivity index (χ0n) is 22.6. The second kappa shape index (κ2) is 11.7. The SMILES string of the molecule is CCOC(=O)c1ccc(N2C(=O)[C@H]3[C@H](c4cccc(OCC(=O)N5CCOCC5)c4)c4sc(=O)[nH]c4S[C@H]3C2=O)cc1. The Kier molecular flexibility index (Phi) is 7.88. The minimum absolute atomic E-state index is 0.147. The predicted octanol–water partition coefficient (Wildman–Crippen LogP) is 2.65. The fourth-order valence-corrected chi connectivity index (χ4v) is 7.95. The Hall–Kier alpha value is -3.94. The summed E-state index contributed by atoms with van der Waals surface area (Å²) in [4.78, 5) is 70.8. The highest BCUT2D eigenvalue weighted by atomic mass is 32.2. The van der Waals surface area contributed by atoms with Crippen LogP contribution in [0.15, 0.2) is 58.4 Å². The van der Waals surface area contributed by atoms with Crippen molar-refractivity contribution in [3.8, 4) is 5.75 Å². The van der Waals surface area contributed by atoms with Gasteiger partial charge < -0.3 is 24.1 Å². The molecule has 2 saturated heterocycles. The molecule has 42 heavy (non-hydrogen) atoms. The number of amides is 3. The smallest absolute Gasteiger partial charge is 0.338 e. The summed E-state index contributed by atoms with van der Waals surface area (Å²) in [5.41, 5.74) is 1.36. The average Bonchev–Trinajstić information content (AvgIpc) is 3.50. The van der Waals surface area contributed by atoms with E-state index in [-0.39, 0.29) is 24.0 Å². The summed E-state index contributed by atoms with van der Waals surface area (Å²) in [5.74, 6) is -2.36. The van der Waals surface area contributed by atoms with Gasteiger partial charge in [-0.2, -0.15) is 0 Å². The topological polar surface area (TPSA) is 135 Å². The van der Waals surface area contributed by atoms with Crippen LogP contribution in [-0.4, -0.2) is 78.3 Å². The van der Waals surface area contributed by atoms with E-state index in [4.69, 9.17) is 14.2 Å². The van der Waals surface area contributed by atoms with Crippen molar-refractivity contribution in [2.24, 2.45) is 5.92 Å². The van der Waals surface area contributed by atoms with E-state index in [1.165, 1.54) is 23.9 Å². The fourth-order valence-electron chi connectivity index (χ4n) is 5.44. The van der Waals surface area contributed by atoms with Gasteiger partial charge in [-0.05, 0) is 48.9 Å². The first-order chi connectivity index (χ1) is 20.4. The van der Waals surface area contributed by atoms with E-state index in [1.807, 2.05) is 6.07 Å². The normalized spacial score (nSPS) is 21.6. The lowest BCUT2D eigenvalue weighted by molar-refractivity contribution is -0.137. The molecule has 3 aliphatic rings. The Morgan fingerprint density at radius 3 is 2.55 bits per heavy atom. The number of hydrogen-bond donors (Lipinski definition) is 1. The number of thioether (sulfide) groups is 1. The van der Waals surface area contributed by atoms with Crippen molar-refractivity contribution in [2.45, 2.75) is 23.1 Å². The lowest BCUT2D eigenvalue weighted by Gasteiger charge is -2.30. The first-order valence-corrected chi connectivity index (χ1v) is 15.2. The number of nitrogens with one attached hydrogen (secondary N) is 1. The summed E-state index contributed by atoms with van der Waals surface area (Å²) < 4.78 is 16.2. The Balaban J connectivity index is 1.29. The number of aromatic amines is 1. The molecule has 0 radical (unpaired) electrons. The Bertz CT molecular complexity index is 1590. The number of esters is 1. The number of hydrogen-bond acceptors (Lipinski definition) is 10. The van der Waals surface area contributed by atoms with Crippen LogP contribution in [0.4, 0.5) is 5.69 Å². The molecule has 0 bridgehead atoms. The summed E-state index contributed by atoms with van der Waals surface area (Å²) in [6.07, 6.45) is 0. The molecule has 0 aliphatic carbocycles. The van der Waals surface area contributed by atoms with Gasteiger partial charge in [-0.1, -0.05) is 35.2 Å². The maximum absolute atomic E-state index is 14.0. The van der Waals surface area contributed by atoms with Gasteiger partial charge in [0, 0.05) is 23.9 Å². The first-order valence-electron chi connectivity index (χ1n) is 13.5. The van der Waals surface area contributed by atoms with Gasteiger partial charge in [0.2, 0.25) is 11.8 Å². The van der Waals surface area contributed by atoms with Crippen molar-refractivity contribution in [3.05, 3.63) is 74.2 Å². The summed E-state index contributed by atoms with van der Waals surface area (Å²) in [6.45, 7) is 3.80. The molecule has 1 aromatic heterocycles. The summed E-state index contributed by atoms with van der Waals surface area (Å²) in [5, 5.41) is -0.205. The van der Waals surface area contributed by atoms with Crippen LogP contribution in [0.3, 0.4) is 0 Å². The molecule has 13 heteroatoms. The average molecular weight is 610 g/mol. The maximum atomic E-state index is 14.0. The summed E-state index contributed by atoms with van der Waals surface area (Å²) >= 11 is 2.20. The number of ether oxygens (including phenoxy) is 3. The van der Waals surface area contributed by atoms with E-state index in [2.05, 4.69) is 4.98 Å². The number of H-pyrrole nitrogens is 1. The molecule has 0 saturated carbocycles. The maximum Gasteiger partial charge on any atom is 0.338 e. The van der Waals surface area contributed by atoms with Crippen LogP contribution in [0.2, 0.25) is 0 Å². The van der Waals surface area contributed by atoms with E-state index in [9.17, 15) is 24.0 Å². The molecule has 3 aliphatic heterocycles. The third-order valence-corrected chi connectivity index (χ3v) is 9.80.